The second-order valence-corrected chi connectivity index (χ2v) is 15.9. The zero-order chi connectivity index (χ0) is 32.1. The number of fused-ring (bicyclic) bond motifs is 2. The first kappa shape index (κ1) is 32.4. The first-order valence-corrected chi connectivity index (χ1v) is 16.3. The summed E-state index contributed by atoms with van der Waals surface area (Å²) in [7, 11) is 0. The molecule has 6 atom stereocenters. The second kappa shape index (κ2) is 10.2. The van der Waals surface area contributed by atoms with Crippen molar-refractivity contribution in [1.82, 2.24) is 0 Å². The molecule has 4 unspecified atom stereocenters. The van der Waals surface area contributed by atoms with Crippen molar-refractivity contribution in [1.29, 1.82) is 0 Å². The van der Waals surface area contributed by atoms with E-state index in [9.17, 15) is 32.2 Å². The SMILES string of the molecule is CCC1C2CCC3(O)CC4(CCC3=C2[C@@H](c2ccc(C3(C)CC3)cc2)C[C@]1(C)C(O)C(F)(F)C(F)(F)F)OCC(C)(C)CO4. The molecular weight excluding hydrogens is 579 g/mol. The van der Waals surface area contributed by atoms with Gasteiger partial charge in [0.25, 0.3) is 0 Å². The number of ether oxygens (including phenoxy) is 2. The number of aliphatic hydroxyl groups excluding tert-OH is 1. The lowest BCUT2D eigenvalue weighted by molar-refractivity contribution is -0.333. The second-order valence-electron chi connectivity index (χ2n) is 15.9. The molecule has 1 saturated heterocycles. The normalized spacial score (nSPS) is 36.9. The largest absolute Gasteiger partial charge is 0.456 e. The van der Waals surface area contributed by atoms with Crippen LogP contribution in [0.25, 0.3) is 0 Å². The zero-order valence-corrected chi connectivity index (χ0v) is 26.5. The summed E-state index contributed by atoms with van der Waals surface area (Å²) >= 11 is 0. The predicted octanol–water partition coefficient (Wildman–Crippen LogP) is 8.21. The van der Waals surface area contributed by atoms with Crippen LogP contribution in [0.1, 0.15) is 109 Å². The number of aliphatic hydroxyl groups is 2. The van der Waals surface area contributed by atoms with E-state index in [0.717, 1.165) is 29.6 Å². The van der Waals surface area contributed by atoms with E-state index in [-0.39, 0.29) is 29.6 Å². The molecule has 5 aliphatic rings. The van der Waals surface area contributed by atoms with Crippen LogP contribution in [0.5, 0.6) is 0 Å². The van der Waals surface area contributed by atoms with E-state index in [0.29, 0.717) is 45.3 Å². The number of rotatable bonds is 5. The number of hydrogen-bond donors (Lipinski definition) is 2. The molecule has 44 heavy (non-hydrogen) atoms. The van der Waals surface area contributed by atoms with Gasteiger partial charge >= 0.3 is 12.1 Å². The third-order valence-corrected chi connectivity index (χ3v) is 12.1. The number of halogens is 5. The van der Waals surface area contributed by atoms with Crippen molar-refractivity contribution >= 4 is 0 Å². The summed E-state index contributed by atoms with van der Waals surface area (Å²) in [5.41, 5.74) is 0.843. The molecular formula is C35H47F5O4. The van der Waals surface area contributed by atoms with Crippen LogP contribution in [0.2, 0.25) is 0 Å². The molecule has 9 heteroatoms. The van der Waals surface area contributed by atoms with Gasteiger partial charge in [-0.05, 0) is 72.5 Å². The third kappa shape index (κ3) is 5.07. The highest BCUT2D eigenvalue weighted by molar-refractivity contribution is 5.44. The van der Waals surface area contributed by atoms with Crippen molar-refractivity contribution in [2.75, 3.05) is 13.2 Å². The summed E-state index contributed by atoms with van der Waals surface area (Å²) in [4.78, 5) is 0. The fraction of sp³-hybridized carbons (Fsp3) is 0.771. The van der Waals surface area contributed by atoms with Crippen LogP contribution in [0.4, 0.5) is 22.0 Å². The Labute approximate surface area is 257 Å². The van der Waals surface area contributed by atoms with Crippen LogP contribution >= 0.6 is 0 Å². The molecule has 0 radical (unpaired) electrons. The van der Waals surface area contributed by atoms with E-state index in [1.165, 1.54) is 12.5 Å². The highest BCUT2D eigenvalue weighted by atomic mass is 19.4. The minimum Gasteiger partial charge on any atom is -0.386 e. The standard InChI is InChI=1S/C35H47F5O4/c1-6-25-23-11-13-32(42)18-33(43-19-29(2,3)20-44-33)14-12-26(32)27(23)24(21-7-9-22(10-8-21)30(4)15-16-30)17-31(25,5)28(41)34(36,37)35(38,39)40/h7-10,23-25,28,41-42H,6,11-20H2,1-5H3/t23?,24-,25?,28?,31+,32?/m1/s1. The van der Waals surface area contributed by atoms with E-state index >= 15 is 0 Å². The number of hydrogen-bond acceptors (Lipinski definition) is 4. The van der Waals surface area contributed by atoms with Crippen LogP contribution in [0.15, 0.2) is 35.4 Å². The Bertz CT molecular complexity index is 1290. The molecule has 1 aromatic rings. The van der Waals surface area contributed by atoms with Gasteiger partial charge in [0.2, 0.25) is 0 Å². The summed E-state index contributed by atoms with van der Waals surface area (Å²) in [6.07, 6.45) is -4.33. The molecule has 1 aromatic carbocycles. The molecule has 3 saturated carbocycles. The Kier molecular flexibility index (Phi) is 7.53. The molecule has 6 rings (SSSR count). The van der Waals surface area contributed by atoms with E-state index in [4.69, 9.17) is 9.47 Å². The van der Waals surface area contributed by atoms with Gasteiger partial charge in [0.1, 0.15) is 6.10 Å². The van der Waals surface area contributed by atoms with E-state index < -0.39 is 46.8 Å². The van der Waals surface area contributed by atoms with Gasteiger partial charge < -0.3 is 19.7 Å². The molecule has 1 spiro atoms. The van der Waals surface area contributed by atoms with Crippen LogP contribution < -0.4 is 0 Å². The molecule has 0 aromatic heterocycles. The van der Waals surface area contributed by atoms with E-state index in [1.807, 2.05) is 24.3 Å². The Morgan fingerprint density at radius 3 is 2.09 bits per heavy atom. The van der Waals surface area contributed by atoms with E-state index in [2.05, 4.69) is 20.8 Å². The van der Waals surface area contributed by atoms with Crippen LogP contribution in [0, 0.1) is 22.7 Å². The summed E-state index contributed by atoms with van der Waals surface area (Å²) in [6, 6.07) is 8.04. The van der Waals surface area contributed by atoms with Crippen molar-refractivity contribution in [2.24, 2.45) is 22.7 Å². The Hall–Kier alpha value is -1.55. The summed E-state index contributed by atoms with van der Waals surface area (Å²) in [5.74, 6) is -7.66. The monoisotopic (exact) mass is 626 g/mol. The van der Waals surface area contributed by atoms with Gasteiger partial charge in [0.05, 0.1) is 18.8 Å². The number of allylic oxidation sites excluding steroid dienone is 1. The maximum Gasteiger partial charge on any atom is 0.456 e. The fourth-order valence-electron chi connectivity index (χ4n) is 9.17. The third-order valence-electron chi connectivity index (χ3n) is 12.1. The lowest BCUT2D eigenvalue weighted by Gasteiger charge is -2.59. The number of alkyl halides is 5. The van der Waals surface area contributed by atoms with E-state index in [1.54, 1.807) is 6.92 Å². The molecule has 2 N–H and O–H groups in total. The smallest absolute Gasteiger partial charge is 0.386 e. The molecule has 4 fully saturated rings. The molecule has 0 bridgehead atoms. The highest BCUT2D eigenvalue weighted by Crippen LogP contribution is 2.65. The summed E-state index contributed by atoms with van der Waals surface area (Å²) in [5, 5.41) is 23.3. The quantitative estimate of drug-likeness (QED) is 0.256. The first-order chi connectivity index (χ1) is 20.3. The van der Waals surface area contributed by atoms with Crippen LogP contribution in [-0.2, 0) is 14.9 Å². The van der Waals surface area contributed by atoms with Crippen molar-refractivity contribution in [3.8, 4) is 0 Å². The zero-order valence-electron chi connectivity index (χ0n) is 26.5. The summed E-state index contributed by atoms with van der Waals surface area (Å²) < 4.78 is 83.5. The lowest BCUT2D eigenvalue weighted by atomic mass is 9.48. The Balaban J connectivity index is 1.44. The first-order valence-electron chi connectivity index (χ1n) is 16.3. The van der Waals surface area contributed by atoms with Crippen LogP contribution in [-0.4, -0.2) is 53.0 Å². The predicted molar refractivity (Wildman–Crippen MR) is 156 cm³/mol. The highest BCUT2D eigenvalue weighted by Gasteiger charge is 2.69. The maximum atomic E-state index is 14.9. The molecule has 4 nitrogen and oxygen atoms in total. The van der Waals surface area contributed by atoms with Crippen LogP contribution in [0.3, 0.4) is 0 Å². The average Bonchev–Trinajstić information content (AvgIpc) is 3.71. The minimum atomic E-state index is -5.87. The van der Waals surface area contributed by atoms with Gasteiger partial charge in [-0.1, -0.05) is 70.9 Å². The van der Waals surface area contributed by atoms with Gasteiger partial charge in [-0.15, -0.1) is 0 Å². The molecule has 1 heterocycles. The lowest BCUT2D eigenvalue weighted by Crippen LogP contribution is -2.61. The fourth-order valence-corrected chi connectivity index (χ4v) is 9.17. The average molecular weight is 627 g/mol. The number of benzene rings is 1. The molecule has 4 aliphatic carbocycles. The molecule has 0 amide bonds. The minimum absolute atomic E-state index is 0.0767. The van der Waals surface area contributed by atoms with Gasteiger partial charge in [-0.2, -0.15) is 22.0 Å². The van der Waals surface area contributed by atoms with Crippen molar-refractivity contribution in [2.45, 2.75) is 133 Å². The topological polar surface area (TPSA) is 58.9 Å². The molecule has 1 aliphatic heterocycles. The van der Waals surface area contributed by atoms with Crippen molar-refractivity contribution < 1.29 is 41.6 Å². The Morgan fingerprint density at radius 2 is 1.55 bits per heavy atom. The van der Waals surface area contributed by atoms with Crippen molar-refractivity contribution in [3.05, 3.63) is 46.5 Å². The van der Waals surface area contributed by atoms with Gasteiger partial charge in [0.15, 0.2) is 5.79 Å². The molecule has 246 valence electrons. The maximum absolute atomic E-state index is 14.9. The van der Waals surface area contributed by atoms with Crippen molar-refractivity contribution in [3.63, 3.8) is 0 Å². The van der Waals surface area contributed by atoms with Gasteiger partial charge in [0, 0.05) is 29.6 Å². The Morgan fingerprint density at radius 1 is 0.932 bits per heavy atom. The summed E-state index contributed by atoms with van der Waals surface area (Å²) in [6.45, 7) is 10.6. The van der Waals surface area contributed by atoms with Gasteiger partial charge in [-0.3, -0.25) is 0 Å². The van der Waals surface area contributed by atoms with Gasteiger partial charge in [-0.25, -0.2) is 0 Å².